The number of nitrogens with one attached hydrogen (secondary N) is 3. The van der Waals surface area contributed by atoms with Crippen LogP contribution in [0.3, 0.4) is 0 Å². The summed E-state index contributed by atoms with van der Waals surface area (Å²) in [6.45, 7) is 5.48. The lowest BCUT2D eigenvalue weighted by Gasteiger charge is -2.12. The summed E-state index contributed by atoms with van der Waals surface area (Å²) in [5.41, 5.74) is 2.44. The Hall–Kier alpha value is -1.88. The Morgan fingerprint density at radius 3 is 2.81 bits per heavy atom. The van der Waals surface area contributed by atoms with E-state index < -0.39 is 0 Å². The molecule has 0 aliphatic carbocycles. The Bertz CT molecular complexity index is 522. The number of carbonyl (C=O) groups excluding carboxylic acids is 2. The van der Waals surface area contributed by atoms with E-state index in [-0.39, 0.29) is 11.8 Å². The molecule has 2 rings (SSSR count). The summed E-state index contributed by atoms with van der Waals surface area (Å²) in [4.78, 5) is 23.1. The summed E-state index contributed by atoms with van der Waals surface area (Å²) in [7, 11) is 0. The molecule has 1 aliphatic heterocycles. The lowest BCUT2D eigenvalue weighted by Crippen LogP contribution is -2.16. The molecule has 0 aromatic heterocycles. The smallest absolute Gasteiger partial charge is 0.224 e. The summed E-state index contributed by atoms with van der Waals surface area (Å²) in [5, 5.41) is 8.97. The first-order valence-electron chi connectivity index (χ1n) is 7.43. The normalized spacial score (nSPS) is 17.5. The summed E-state index contributed by atoms with van der Waals surface area (Å²) >= 11 is 0. The van der Waals surface area contributed by atoms with E-state index in [1.807, 2.05) is 19.1 Å². The second-order valence-electron chi connectivity index (χ2n) is 5.66. The molecule has 0 bridgehead atoms. The Morgan fingerprint density at radius 2 is 2.14 bits per heavy atom. The van der Waals surface area contributed by atoms with E-state index in [1.165, 1.54) is 6.92 Å². The van der Waals surface area contributed by atoms with Gasteiger partial charge in [-0.15, -0.1) is 0 Å². The second kappa shape index (κ2) is 7.22. The van der Waals surface area contributed by atoms with Crippen LogP contribution in [0.25, 0.3) is 0 Å². The number of hydrogen-bond acceptors (Lipinski definition) is 3. The van der Waals surface area contributed by atoms with Crippen LogP contribution < -0.4 is 16.0 Å². The van der Waals surface area contributed by atoms with Gasteiger partial charge >= 0.3 is 0 Å². The maximum atomic E-state index is 12.0. The maximum Gasteiger partial charge on any atom is 0.224 e. The van der Waals surface area contributed by atoms with Crippen molar-refractivity contribution in [3.63, 3.8) is 0 Å². The highest BCUT2D eigenvalue weighted by Crippen LogP contribution is 2.21. The average Bonchev–Trinajstić information content (AvgIpc) is 2.93. The third-order valence-corrected chi connectivity index (χ3v) is 3.77. The third kappa shape index (κ3) is 4.86. The second-order valence-corrected chi connectivity index (χ2v) is 5.66. The van der Waals surface area contributed by atoms with Gasteiger partial charge in [-0.3, -0.25) is 9.59 Å². The first-order valence-corrected chi connectivity index (χ1v) is 7.43. The summed E-state index contributed by atoms with van der Waals surface area (Å²) < 4.78 is 0. The van der Waals surface area contributed by atoms with Crippen LogP contribution in [0.15, 0.2) is 18.2 Å². The SMILES string of the molecule is CC(=O)Nc1ccc(C)c(NC(=O)CCC2CCNC2)c1. The van der Waals surface area contributed by atoms with Crippen molar-refractivity contribution in [3.8, 4) is 0 Å². The molecule has 1 saturated heterocycles. The van der Waals surface area contributed by atoms with Crippen molar-refractivity contribution in [2.45, 2.75) is 33.1 Å². The van der Waals surface area contributed by atoms with Gasteiger partial charge in [0.1, 0.15) is 0 Å². The van der Waals surface area contributed by atoms with E-state index in [0.29, 0.717) is 18.0 Å². The van der Waals surface area contributed by atoms with Crippen LogP contribution in [0.2, 0.25) is 0 Å². The molecule has 114 valence electrons. The summed E-state index contributed by atoms with van der Waals surface area (Å²) in [5.74, 6) is 0.525. The van der Waals surface area contributed by atoms with Gasteiger partial charge in [0.2, 0.25) is 11.8 Å². The minimum atomic E-state index is -0.120. The van der Waals surface area contributed by atoms with Crippen molar-refractivity contribution in [1.29, 1.82) is 0 Å². The van der Waals surface area contributed by atoms with Crippen LogP contribution in [0.4, 0.5) is 11.4 Å². The zero-order valence-corrected chi connectivity index (χ0v) is 12.7. The van der Waals surface area contributed by atoms with Gasteiger partial charge in [0.25, 0.3) is 0 Å². The lowest BCUT2D eigenvalue weighted by atomic mass is 10.0. The van der Waals surface area contributed by atoms with Crippen molar-refractivity contribution in [1.82, 2.24) is 5.32 Å². The molecular formula is C16H23N3O2. The van der Waals surface area contributed by atoms with E-state index >= 15 is 0 Å². The molecule has 1 aliphatic rings. The minimum Gasteiger partial charge on any atom is -0.326 e. The highest BCUT2D eigenvalue weighted by atomic mass is 16.2. The van der Waals surface area contributed by atoms with Crippen molar-refractivity contribution in [3.05, 3.63) is 23.8 Å². The molecule has 0 radical (unpaired) electrons. The Balaban J connectivity index is 1.90. The van der Waals surface area contributed by atoms with Gasteiger partial charge in [-0.1, -0.05) is 6.07 Å². The quantitative estimate of drug-likeness (QED) is 0.779. The fourth-order valence-corrected chi connectivity index (χ4v) is 2.55. The van der Waals surface area contributed by atoms with Crippen LogP contribution in [-0.2, 0) is 9.59 Å². The molecule has 3 N–H and O–H groups in total. The first-order chi connectivity index (χ1) is 10.0. The number of carbonyl (C=O) groups is 2. The van der Waals surface area contributed by atoms with Gasteiger partial charge in [0.15, 0.2) is 0 Å². The predicted molar refractivity (Wildman–Crippen MR) is 84.3 cm³/mol. The monoisotopic (exact) mass is 289 g/mol. The van der Waals surface area contributed by atoms with Crippen LogP contribution in [-0.4, -0.2) is 24.9 Å². The van der Waals surface area contributed by atoms with Gasteiger partial charge in [-0.05, 0) is 56.5 Å². The Labute approximate surface area is 125 Å². The number of rotatable bonds is 5. The number of aryl methyl sites for hydroxylation is 1. The molecule has 1 aromatic rings. The zero-order chi connectivity index (χ0) is 15.2. The fraction of sp³-hybridized carbons (Fsp3) is 0.500. The zero-order valence-electron chi connectivity index (χ0n) is 12.7. The van der Waals surface area contributed by atoms with E-state index in [9.17, 15) is 9.59 Å². The van der Waals surface area contributed by atoms with Crippen molar-refractivity contribution >= 4 is 23.2 Å². The molecule has 2 amide bonds. The molecule has 0 saturated carbocycles. The lowest BCUT2D eigenvalue weighted by molar-refractivity contribution is -0.116. The number of benzene rings is 1. The van der Waals surface area contributed by atoms with Gasteiger partial charge in [-0.2, -0.15) is 0 Å². The molecule has 1 heterocycles. The van der Waals surface area contributed by atoms with E-state index in [4.69, 9.17) is 0 Å². The molecule has 5 nitrogen and oxygen atoms in total. The average molecular weight is 289 g/mol. The molecule has 21 heavy (non-hydrogen) atoms. The highest BCUT2D eigenvalue weighted by Gasteiger charge is 2.16. The minimum absolute atomic E-state index is 0.0324. The van der Waals surface area contributed by atoms with Crippen LogP contribution in [0.5, 0.6) is 0 Å². The standard InChI is InChI=1S/C16H23N3O2/c1-11-3-5-14(18-12(2)20)9-15(11)19-16(21)6-4-13-7-8-17-10-13/h3,5,9,13,17H,4,6-8,10H2,1-2H3,(H,18,20)(H,19,21). The topological polar surface area (TPSA) is 70.2 Å². The maximum absolute atomic E-state index is 12.0. The largest absolute Gasteiger partial charge is 0.326 e. The molecule has 1 atom stereocenters. The van der Waals surface area contributed by atoms with Gasteiger partial charge in [0, 0.05) is 24.7 Å². The van der Waals surface area contributed by atoms with E-state index in [1.54, 1.807) is 6.07 Å². The molecule has 5 heteroatoms. The van der Waals surface area contributed by atoms with Gasteiger partial charge in [0.05, 0.1) is 0 Å². The van der Waals surface area contributed by atoms with Crippen molar-refractivity contribution in [2.75, 3.05) is 23.7 Å². The number of amides is 2. The van der Waals surface area contributed by atoms with E-state index in [2.05, 4.69) is 16.0 Å². The molecule has 1 unspecified atom stereocenters. The first kappa shape index (κ1) is 15.5. The van der Waals surface area contributed by atoms with Crippen molar-refractivity contribution < 1.29 is 9.59 Å². The van der Waals surface area contributed by atoms with E-state index in [0.717, 1.165) is 37.2 Å². The predicted octanol–water partition coefficient (Wildman–Crippen LogP) is 2.28. The molecule has 1 aromatic carbocycles. The summed E-state index contributed by atoms with van der Waals surface area (Å²) in [6, 6.07) is 5.52. The number of hydrogen-bond donors (Lipinski definition) is 3. The van der Waals surface area contributed by atoms with Crippen LogP contribution in [0.1, 0.15) is 31.7 Å². The highest BCUT2D eigenvalue weighted by molar-refractivity contribution is 5.94. The Morgan fingerprint density at radius 1 is 1.33 bits per heavy atom. The fourth-order valence-electron chi connectivity index (χ4n) is 2.55. The van der Waals surface area contributed by atoms with Crippen molar-refractivity contribution in [2.24, 2.45) is 5.92 Å². The van der Waals surface area contributed by atoms with Crippen LogP contribution >= 0.6 is 0 Å². The Kier molecular flexibility index (Phi) is 5.33. The third-order valence-electron chi connectivity index (χ3n) is 3.77. The summed E-state index contributed by atoms with van der Waals surface area (Å²) in [6.07, 6.45) is 2.61. The van der Waals surface area contributed by atoms with Gasteiger partial charge < -0.3 is 16.0 Å². The molecular weight excluding hydrogens is 266 g/mol. The van der Waals surface area contributed by atoms with Gasteiger partial charge in [-0.25, -0.2) is 0 Å². The number of anilines is 2. The molecule has 1 fully saturated rings. The van der Waals surface area contributed by atoms with Crippen LogP contribution in [0, 0.1) is 12.8 Å². The molecule has 0 spiro atoms.